The monoisotopic (exact) mass is 516 g/mol. The minimum atomic E-state index is -1.13. The zero-order valence-corrected chi connectivity index (χ0v) is 23.1. The first-order valence-electron chi connectivity index (χ1n) is 14.6. The van der Waals surface area contributed by atoms with E-state index in [0.717, 1.165) is 19.3 Å². The van der Waals surface area contributed by atoms with E-state index in [9.17, 15) is 15.0 Å². The van der Waals surface area contributed by atoms with Gasteiger partial charge in [-0.05, 0) is 94.5 Å². The molecule has 15 atom stereocenters. The maximum atomic E-state index is 13.4. The van der Waals surface area contributed by atoms with Crippen molar-refractivity contribution in [2.45, 2.75) is 121 Å². The second-order valence-corrected chi connectivity index (χ2v) is 14.2. The number of ether oxygens (including phenoxy) is 4. The van der Waals surface area contributed by atoms with E-state index >= 15 is 0 Å². The molecule has 2 N–H and O–H groups in total. The zero-order chi connectivity index (χ0) is 26.3. The number of aliphatic hydroxyl groups excluding tert-OH is 1. The number of epoxide rings is 2. The summed E-state index contributed by atoms with van der Waals surface area (Å²) in [6.45, 7) is 13.4. The number of carbonyl (C=O) groups excluding carboxylic acids is 1. The van der Waals surface area contributed by atoms with Crippen LogP contribution in [0.2, 0.25) is 0 Å². The van der Waals surface area contributed by atoms with Gasteiger partial charge in [0.2, 0.25) is 0 Å². The van der Waals surface area contributed by atoms with E-state index in [0.29, 0.717) is 19.4 Å². The summed E-state index contributed by atoms with van der Waals surface area (Å²) in [5.74, 6) is 0.716. The molecule has 3 saturated carbocycles. The molecule has 7 heteroatoms. The lowest BCUT2D eigenvalue weighted by molar-refractivity contribution is -0.229. The van der Waals surface area contributed by atoms with E-state index in [1.165, 1.54) is 0 Å². The second kappa shape index (κ2) is 7.46. The molecule has 4 aliphatic carbocycles. The van der Waals surface area contributed by atoms with Crippen LogP contribution in [0, 0.1) is 40.4 Å². The van der Waals surface area contributed by atoms with Crippen LogP contribution in [0.3, 0.4) is 0 Å². The second-order valence-electron chi connectivity index (χ2n) is 14.2. The Hall–Kier alpha value is -0.830. The molecule has 6 fully saturated rings. The van der Waals surface area contributed by atoms with Crippen LogP contribution in [0.1, 0.15) is 73.6 Å². The van der Waals surface area contributed by atoms with Gasteiger partial charge in [-0.2, -0.15) is 0 Å². The maximum Gasteiger partial charge on any atom is 0.189 e. The molecule has 0 bridgehead atoms. The highest BCUT2D eigenvalue weighted by Crippen LogP contribution is 2.72. The van der Waals surface area contributed by atoms with Gasteiger partial charge in [0.05, 0.1) is 23.7 Å². The number of aliphatic hydroxyl groups is 2. The van der Waals surface area contributed by atoms with Gasteiger partial charge in [-0.25, -0.2) is 0 Å². The van der Waals surface area contributed by atoms with Crippen LogP contribution in [0.5, 0.6) is 0 Å². The van der Waals surface area contributed by atoms with Crippen molar-refractivity contribution in [3.63, 3.8) is 0 Å². The molecule has 0 aromatic heterocycles. The lowest BCUT2D eigenvalue weighted by atomic mass is 9.43. The third-order valence-corrected chi connectivity index (χ3v) is 12.9. The number of allylic oxidation sites excluding steroid dienone is 1. The van der Waals surface area contributed by atoms with Gasteiger partial charge in [-0.1, -0.05) is 19.9 Å². The minimum absolute atomic E-state index is 0.0268. The third-order valence-electron chi connectivity index (χ3n) is 12.9. The standard InChI is InChI=1S/C30H44O7/c1-7-34-25-29(6)27(4,37-29)14-19(35-25)15(2)22-18(31)13-17-21-16(10-12-26(17,22)3)28(5)20(32)9-8-11-30(28,33)24-23(21)36-24/h8-9,15-19,21-25,31,33H,7,10-14H2,1-6H3/t15-,16+,17+,18-,19-,21-,22+,23+,24+,25-,26+,27+,28+,29-,30+/m1/s1. The molecule has 0 aromatic rings. The molecule has 3 saturated heterocycles. The van der Waals surface area contributed by atoms with Crippen LogP contribution in [0.4, 0.5) is 0 Å². The van der Waals surface area contributed by atoms with Gasteiger partial charge in [-0.3, -0.25) is 4.79 Å². The first-order chi connectivity index (χ1) is 17.4. The molecule has 3 heterocycles. The summed E-state index contributed by atoms with van der Waals surface area (Å²) in [6.07, 6.45) is 6.07. The number of rotatable bonds is 4. The van der Waals surface area contributed by atoms with Crippen molar-refractivity contribution in [2.24, 2.45) is 40.4 Å². The Morgan fingerprint density at radius 3 is 2.68 bits per heavy atom. The Kier molecular flexibility index (Phi) is 5.08. The van der Waals surface area contributed by atoms with Crippen molar-refractivity contribution in [1.82, 2.24) is 0 Å². The highest BCUT2D eigenvalue weighted by Gasteiger charge is 2.78. The third kappa shape index (κ3) is 2.87. The van der Waals surface area contributed by atoms with E-state index in [-0.39, 0.29) is 64.7 Å². The molecule has 3 aliphatic heterocycles. The van der Waals surface area contributed by atoms with Gasteiger partial charge >= 0.3 is 0 Å². The lowest BCUT2D eigenvalue weighted by Gasteiger charge is -2.60. The Bertz CT molecular complexity index is 1040. The van der Waals surface area contributed by atoms with Crippen molar-refractivity contribution < 1.29 is 34.0 Å². The number of ketones is 1. The molecule has 0 spiro atoms. The number of carbonyl (C=O) groups is 1. The highest BCUT2D eigenvalue weighted by molar-refractivity contribution is 5.97. The number of hydrogen-bond donors (Lipinski definition) is 2. The molecule has 0 radical (unpaired) electrons. The molecule has 37 heavy (non-hydrogen) atoms. The Balaban J connectivity index is 1.19. The largest absolute Gasteiger partial charge is 0.393 e. The van der Waals surface area contributed by atoms with Gasteiger partial charge in [-0.15, -0.1) is 0 Å². The fourth-order valence-electron chi connectivity index (χ4n) is 10.6. The summed E-state index contributed by atoms with van der Waals surface area (Å²) in [5, 5.41) is 23.4. The minimum Gasteiger partial charge on any atom is -0.393 e. The van der Waals surface area contributed by atoms with Crippen LogP contribution in [-0.4, -0.2) is 70.1 Å². The normalized spacial score (nSPS) is 62.1. The molecular weight excluding hydrogens is 472 g/mol. The van der Waals surface area contributed by atoms with Gasteiger partial charge < -0.3 is 29.2 Å². The first kappa shape index (κ1) is 25.2. The summed E-state index contributed by atoms with van der Waals surface area (Å²) in [5.41, 5.74) is -2.73. The van der Waals surface area contributed by atoms with Crippen molar-refractivity contribution in [3.8, 4) is 0 Å². The first-order valence-corrected chi connectivity index (χ1v) is 14.6. The quantitative estimate of drug-likeness (QED) is 0.553. The van der Waals surface area contributed by atoms with Crippen LogP contribution in [0.25, 0.3) is 0 Å². The Labute approximate surface area is 220 Å². The van der Waals surface area contributed by atoms with Gasteiger partial charge in [0.15, 0.2) is 12.1 Å². The maximum absolute atomic E-state index is 13.4. The molecule has 0 unspecified atom stereocenters. The molecule has 7 nitrogen and oxygen atoms in total. The van der Waals surface area contributed by atoms with Gasteiger partial charge in [0.25, 0.3) is 0 Å². The van der Waals surface area contributed by atoms with Crippen molar-refractivity contribution >= 4 is 5.78 Å². The van der Waals surface area contributed by atoms with Crippen LogP contribution in [-0.2, 0) is 23.7 Å². The van der Waals surface area contributed by atoms with Crippen LogP contribution in [0.15, 0.2) is 12.2 Å². The summed E-state index contributed by atoms with van der Waals surface area (Å²) in [4.78, 5) is 13.4. The molecular formula is C30H44O7. The predicted molar refractivity (Wildman–Crippen MR) is 134 cm³/mol. The number of hydrogen-bond acceptors (Lipinski definition) is 7. The number of fused-ring (bicyclic) bond motifs is 9. The smallest absolute Gasteiger partial charge is 0.189 e. The van der Waals surface area contributed by atoms with Crippen molar-refractivity contribution in [3.05, 3.63) is 12.2 Å². The van der Waals surface area contributed by atoms with Crippen LogP contribution >= 0.6 is 0 Å². The van der Waals surface area contributed by atoms with Crippen molar-refractivity contribution in [1.29, 1.82) is 0 Å². The van der Waals surface area contributed by atoms with Gasteiger partial charge in [0, 0.05) is 13.0 Å². The molecule has 206 valence electrons. The molecule has 0 aromatic carbocycles. The lowest BCUT2D eigenvalue weighted by Crippen LogP contribution is -2.67. The van der Waals surface area contributed by atoms with Crippen LogP contribution < -0.4 is 0 Å². The molecule has 0 amide bonds. The van der Waals surface area contributed by atoms with E-state index in [1.54, 1.807) is 6.08 Å². The van der Waals surface area contributed by atoms with Gasteiger partial charge in [0.1, 0.15) is 22.9 Å². The SMILES string of the molecule is CCO[C@@H]1O[C@@H]([C@@H](C)[C@H]2[C@H](O)C[C@H]3[C@@H]4[C@@H]5O[C@@H]5[C@@]5(O)CC=CC(=O)[C@]5(C)[C@H]4CC[C@]23C)C[C@]2(C)O[C@]12C. The summed E-state index contributed by atoms with van der Waals surface area (Å²) in [6, 6.07) is 0. The predicted octanol–water partition coefficient (Wildman–Crippen LogP) is 3.40. The summed E-state index contributed by atoms with van der Waals surface area (Å²) >= 11 is 0. The highest BCUT2D eigenvalue weighted by atomic mass is 16.7. The fourth-order valence-corrected chi connectivity index (χ4v) is 10.6. The average molecular weight is 517 g/mol. The van der Waals surface area contributed by atoms with Crippen molar-refractivity contribution in [2.75, 3.05) is 6.61 Å². The topological polar surface area (TPSA) is 101 Å². The summed E-state index contributed by atoms with van der Waals surface area (Å²) < 4.78 is 25.0. The zero-order valence-electron chi connectivity index (χ0n) is 23.1. The van der Waals surface area contributed by atoms with E-state index in [4.69, 9.17) is 18.9 Å². The Morgan fingerprint density at radius 1 is 1.19 bits per heavy atom. The van der Waals surface area contributed by atoms with E-state index < -0.39 is 29.0 Å². The van der Waals surface area contributed by atoms with E-state index in [2.05, 4.69) is 27.7 Å². The summed E-state index contributed by atoms with van der Waals surface area (Å²) in [7, 11) is 0. The Morgan fingerprint density at radius 2 is 1.95 bits per heavy atom. The van der Waals surface area contributed by atoms with E-state index in [1.807, 2.05) is 19.9 Å². The molecule has 7 rings (SSSR count). The average Bonchev–Trinajstić information content (AvgIpc) is 3.71. The fraction of sp³-hybridized carbons (Fsp3) is 0.900. The molecule has 7 aliphatic rings.